The Balaban J connectivity index is 1.92. The number of aromatic amines is 1. The van der Waals surface area contributed by atoms with E-state index in [1.54, 1.807) is 4.90 Å². The summed E-state index contributed by atoms with van der Waals surface area (Å²) in [6, 6.07) is 3.15. The zero-order valence-electron chi connectivity index (χ0n) is 16.9. The van der Waals surface area contributed by atoms with Gasteiger partial charge in [-0.2, -0.15) is 5.10 Å². The van der Waals surface area contributed by atoms with Crippen molar-refractivity contribution in [2.75, 3.05) is 25.0 Å². The molecule has 8 nitrogen and oxygen atoms in total. The molecule has 0 radical (unpaired) electrons. The monoisotopic (exact) mass is 468 g/mol. The van der Waals surface area contributed by atoms with Crippen molar-refractivity contribution in [2.24, 2.45) is 0 Å². The van der Waals surface area contributed by atoms with Gasteiger partial charge in [-0.25, -0.2) is 18.3 Å². The topological polar surface area (TPSA) is 114 Å². The van der Waals surface area contributed by atoms with E-state index in [2.05, 4.69) is 20.8 Å². The highest BCUT2D eigenvalue weighted by molar-refractivity contribution is 6.44. The van der Waals surface area contributed by atoms with E-state index in [-0.39, 0.29) is 29.4 Å². The maximum atomic E-state index is 13.4. The molecule has 0 saturated heterocycles. The van der Waals surface area contributed by atoms with Crippen LogP contribution in [0.2, 0.25) is 5.02 Å². The lowest BCUT2D eigenvalue weighted by atomic mass is 9.99. The Morgan fingerprint density at radius 3 is 2.84 bits per heavy atom. The molecule has 2 aromatic rings. The zero-order valence-corrected chi connectivity index (χ0v) is 17.7. The second kappa shape index (κ2) is 9.86. The van der Waals surface area contributed by atoms with E-state index in [0.29, 0.717) is 29.9 Å². The number of hydrogen-bond acceptors (Lipinski definition) is 6. The first-order valence-electron chi connectivity index (χ1n) is 9.54. The highest BCUT2D eigenvalue weighted by Crippen LogP contribution is 2.28. The van der Waals surface area contributed by atoms with Gasteiger partial charge in [0.15, 0.2) is 0 Å². The molecule has 0 bridgehead atoms. The number of nitrogens with zero attached hydrogens (tertiary/aromatic N) is 2. The fraction of sp³-hybridized carbons (Fsp3) is 0.300. The number of halogens is 4. The molecule has 2 heterocycles. The van der Waals surface area contributed by atoms with Gasteiger partial charge in [-0.1, -0.05) is 17.7 Å². The Hall–Kier alpha value is -3.34. The number of carbonyl (C=O) groups excluding carboxylic acids is 1. The molecule has 4 N–H and O–H groups in total. The molecule has 0 saturated carbocycles. The SMILES string of the molecule is CNC(=O)C(=N)C1=C(NCc2ccc(F)cc2C(F)F)CCN(c2cn[nH]c(=O)c2Cl)C1. The lowest BCUT2D eigenvalue weighted by Gasteiger charge is -2.33. The summed E-state index contributed by atoms with van der Waals surface area (Å²) in [6.07, 6.45) is -1.17. The molecule has 0 unspecified atom stereocenters. The number of hydrogen-bond donors (Lipinski definition) is 4. The normalized spacial score (nSPS) is 14.0. The first-order chi connectivity index (χ1) is 15.2. The number of aromatic nitrogens is 2. The minimum absolute atomic E-state index is 0.0485. The molecule has 1 amide bonds. The van der Waals surface area contributed by atoms with Gasteiger partial charge < -0.3 is 15.5 Å². The number of anilines is 1. The third kappa shape index (κ3) is 4.93. The largest absolute Gasteiger partial charge is 0.384 e. The summed E-state index contributed by atoms with van der Waals surface area (Å²) in [6.45, 7) is 0.376. The van der Waals surface area contributed by atoms with Crippen molar-refractivity contribution in [1.82, 2.24) is 20.8 Å². The molecular formula is C20H20ClF3N6O2. The number of nitrogens with one attached hydrogen (secondary N) is 4. The summed E-state index contributed by atoms with van der Waals surface area (Å²) >= 11 is 6.09. The maximum Gasteiger partial charge on any atom is 0.285 e. The summed E-state index contributed by atoms with van der Waals surface area (Å²) in [7, 11) is 1.39. The van der Waals surface area contributed by atoms with Crippen molar-refractivity contribution in [3.8, 4) is 0 Å². The molecule has 32 heavy (non-hydrogen) atoms. The average Bonchev–Trinajstić information content (AvgIpc) is 2.78. The molecule has 1 aliphatic heterocycles. The number of alkyl halides is 2. The summed E-state index contributed by atoms with van der Waals surface area (Å²) in [5, 5.41) is 19.6. The van der Waals surface area contributed by atoms with Gasteiger partial charge in [0.05, 0.1) is 11.9 Å². The fourth-order valence-electron chi connectivity index (χ4n) is 3.38. The van der Waals surface area contributed by atoms with Crippen LogP contribution in [0.1, 0.15) is 24.0 Å². The van der Waals surface area contributed by atoms with Crippen LogP contribution in [-0.2, 0) is 11.3 Å². The van der Waals surface area contributed by atoms with Crippen molar-refractivity contribution in [3.05, 3.63) is 68.0 Å². The molecule has 1 aromatic heterocycles. The third-order valence-electron chi connectivity index (χ3n) is 5.05. The lowest BCUT2D eigenvalue weighted by molar-refractivity contribution is -0.114. The maximum absolute atomic E-state index is 13.4. The number of H-pyrrole nitrogens is 1. The van der Waals surface area contributed by atoms with Crippen LogP contribution in [0.15, 0.2) is 40.5 Å². The molecule has 0 fully saturated rings. The lowest BCUT2D eigenvalue weighted by Crippen LogP contribution is -2.41. The van der Waals surface area contributed by atoms with Gasteiger partial charge in [-0.3, -0.25) is 15.0 Å². The molecule has 12 heteroatoms. The standard InChI is InChI=1S/C20H20ClF3N6O2/c1-26-20(32)17(25)13-9-30(15-8-28-29-19(31)16(15)21)5-4-14(13)27-7-10-2-3-11(22)6-12(10)18(23)24/h2-3,6,8,18,25,27H,4-5,7,9H2,1H3,(H,26,32)(H,29,31). The molecule has 1 aromatic carbocycles. The smallest absolute Gasteiger partial charge is 0.285 e. The predicted molar refractivity (Wildman–Crippen MR) is 114 cm³/mol. The van der Waals surface area contributed by atoms with Crippen molar-refractivity contribution in [3.63, 3.8) is 0 Å². The highest BCUT2D eigenvalue weighted by atomic mass is 35.5. The van der Waals surface area contributed by atoms with Gasteiger partial charge in [-0.15, -0.1) is 0 Å². The molecule has 170 valence electrons. The van der Waals surface area contributed by atoms with Crippen LogP contribution >= 0.6 is 11.6 Å². The molecule has 0 atom stereocenters. The van der Waals surface area contributed by atoms with Crippen molar-refractivity contribution >= 4 is 28.9 Å². The second-order valence-corrected chi connectivity index (χ2v) is 7.36. The van der Waals surface area contributed by atoms with E-state index in [9.17, 15) is 22.8 Å². The van der Waals surface area contributed by atoms with Crippen LogP contribution in [-0.4, -0.2) is 42.0 Å². The first kappa shape index (κ1) is 23.3. The summed E-state index contributed by atoms with van der Waals surface area (Å²) in [5.74, 6) is -1.40. The Morgan fingerprint density at radius 1 is 1.41 bits per heavy atom. The minimum atomic E-state index is -2.85. The van der Waals surface area contributed by atoms with E-state index < -0.39 is 29.3 Å². The van der Waals surface area contributed by atoms with Crippen LogP contribution in [0.4, 0.5) is 18.9 Å². The van der Waals surface area contributed by atoms with Gasteiger partial charge in [0, 0.05) is 49.9 Å². The number of amides is 1. The first-order valence-corrected chi connectivity index (χ1v) is 9.92. The predicted octanol–water partition coefficient (Wildman–Crippen LogP) is 2.52. The van der Waals surface area contributed by atoms with E-state index in [1.165, 1.54) is 19.3 Å². The molecular weight excluding hydrogens is 449 g/mol. The van der Waals surface area contributed by atoms with Gasteiger partial charge in [0.25, 0.3) is 17.9 Å². The van der Waals surface area contributed by atoms with Crippen molar-refractivity contribution < 1.29 is 18.0 Å². The van der Waals surface area contributed by atoms with Gasteiger partial charge in [0.2, 0.25) is 0 Å². The number of carbonyl (C=O) groups is 1. The number of rotatable bonds is 7. The zero-order chi connectivity index (χ0) is 23.4. The molecule has 3 rings (SSSR count). The Morgan fingerprint density at radius 2 is 2.16 bits per heavy atom. The van der Waals surface area contributed by atoms with Gasteiger partial charge >= 0.3 is 0 Å². The van der Waals surface area contributed by atoms with Crippen LogP contribution in [0.5, 0.6) is 0 Å². The minimum Gasteiger partial charge on any atom is -0.384 e. The summed E-state index contributed by atoms with van der Waals surface area (Å²) < 4.78 is 40.0. The van der Waals surface area contributed by atoms with Gasteiger partial charge in [-0.05, 0) is 17.7 Å². The van der Waals surface area contributed by atoms with Crippen LogP contribution in [0, 0.1) is 11.2 Å². The second-order valence-electron chi connectivity index (χ2n) is 6.98. The summed E-state index contributed by atoms with van der Waals surface area (Å²) in [4.78, 5) is 25.6. The highest BCUT2D eigenvalue weighted by Gasteiger charge is 2.27. The van der Waals surface area contributed by atoms with Gasteiger partial charge in [0.1, 0.15) is 16.6 Å². The van der Waals surface area contributed by atoms with E-state index in [0.717, 1.165) is 12.1 Å². The molecule has 0 spiro atoms. The molecule has 1 aliphatic rings. The average molecular weight is 469 g/mol. The Bertz CT molecular complexity index is 1130. The number of benzene rings is 1. The fourth-order valence-corrected chi connectivity index (χ4v) is 3.59. The third-order valence-corrected chi connectivity index (χ3v) is 5.42. The van der Waals surface area contributed by atoms with Crippen LogP contribution in [0.3, 0.4) is 0 Å². The Labute approximate surface area is 186 Å². The molecule has 0 aliphatic carbocycles. The van der Waals surface area contributed by atoms with Crippen LogP contribution in [0.25, 0.3) is 0 Å². The van der Waals surface area contributed by atoms with Crippen molar-refractivity contribution in [1.29, 1.82) is 5.41 Å². The van der Waals surface area contributed by atoms with E-state index >= 15 is 0 Å². The van der Waals surface area contributed by atoms with E-state index in [4.69, 9.17) is 17.0 Å². The van der Waals surface area contributed by atoms with Crippen molar-refractivity contribution in [2.45, 2.75) is 19.4 Å². The summed E-state index contributed by atoms with van der Waals surface area (Å²) in [5.41, 5.74) is 0.0395. The van der Waals surface area contributed by atoms with E-state index in [1.807, 2.05) is 0 Å². The van der Waals surface area contributed by atoms with Crippen LogP contribution < -0.4 is 21.1 Å². The quantitative estimate of drug-likeness (QED) is 0.466. The Kier molecular flexibility index (Phi) is 7.18.